The lowest BCUT2D eigenvalue weighted by molar-refractivity contribution is 0.737. The largest absolute Gasteiger partial charge is 0.398 e. The summed E-state index contributed by atoms with van der Waals surface area (Å²) in [7, 11) is 1.82. The van der Waals surface area contributed by atoms with Crippen LogP contribution in [0.2, 0.25) is 0 Å². The molecule has 2 N–H and O–H groups in total. The highest BCUT2D eigenvalue weighted by molar-refractivity contribution is 5.80. The van der Waals surface area contributed by atoms with Crippen LogP contribution in [0.3, 0.4) is 0 Å². The smallest absolute Gasteiger partial charge is 0.170 e. The Balaban J connectivity index is 2.74. The van der Waals surface area contributed by atoms with E-state index in [1.807, 2.05) is 38.2 Å². The highest BCUT2D eigenvalue weighted by atomic mass is 15.3. The molecule has 0 radical (unpaired) electrons. The lowest BCUT2D eigenvalue weighted by atomic mass is 10.0. The standard InChI is InChI=1S/C12H12N4/c1-8-12(11(7-13)15-16(8)2)9-5-3-4-6-10(9)14/h3-6H,14H2,1-2H3. The van der Waals surface area contributed by atoms with Crippen molar-refractivity contribution in [1.29, 1.82) is 5.26 Å². The van der Waals surface area contributed by atoms with Gasteiger partial charge in [-0.1, -0.05) is 18.2 Å². The van der Waals surface area contributed by atoms with Crippen molar-refractivity contribution < 1.29 is 0 Å². The van der Waals surface area contributed by atoms with Gasteiger partial charge in [-0.05, 0) is 13.0 Å². The van der Waals surface area contributed by atoms with Crippen LogP contribution in [0, 0.1) is 18.3 Å². The molecule has 80 valence electrons. The molecule has 0 fully saturated rings. The zero-order chi connectivity index (χ0) is 11.7. The molecule has 1 heterocycles. The van der Waals surface area contributed by atoms with Gasteiger partial charge in [0.25, 0.3) is 0 Å². The van der Waals surface area contributed by atoms with Crippen LogP contribution in [-0.4, -0.2) is 9.78 Å². The molecule has 2 rings (SSSR count). The predicted molar refractivity (Wildman–Crippen MR) is 62.5 cm³/mol. The second-order valence-corrected chi connectivity index (χ2v) is 3.63. The summed E-state index contributed by atoms with van der Waals surface area (Å²) in [6.45, 7) is 1.93. The molecule has 4 nitrogen and oxygen atoms in total. The van der Waals surface area contributed by atoms with Crippen molar-refractivity contribution in [3.05, 3.63) is 35.7 Å². The van der Waals surface area contributed by atoms with Crippen LogP contribution in [0.1, 0.15) is 11.4 Å². The van der Waals surface area contributed by atoms with Gasteiger partial charge in [0.15, 0.2) is 5.69 Å². The van der Waals surface area contributed by atoms with Gasteiger partial charge in [-0.2, -0.15) is 10.4 Å². The van der Waals surface area contributed by atoms with E-state index in [0.717, 1.165) is 16.8 Å². The first kappa shape index (κ1) is 10.2. The van der Waals surface area contributed by atoms with Gasteiger partial charge in [0.2, 0.25) is 0 Å². The number of aromatic nitrogens is 2. The fourth-order valence-electron chi connectivity index (χ4n) is 1.73. The van der Waals surface area contributed by atoms with Crippen molar-refractivity contribution >= 4 is 5.69 Å². The summed E-state index contributed by atoms with van der Waals surface area (Å²) in [4.78, 5) is 0. The van der Waals surface area contributed by atoms with E-state index in [-0.39, 0.29) is 0 Å². The molecule has 4 heteroatoms. The third-order valence-corrected chi connectivity index (χ3v) is 2.67. The zero-order valence-electron chi connectivity index (χ0n) is 9.23. The fourth-order valence-corrected chi connectivity index (χ4v) is 1.73. The van der Waals surface area contributed by atoms with Crippen molar-refractivity contribution in [2.24, 2.45) is 7.05 Å². The van der Waals surface area contributed by atoms with E-state index in [1.165, 1.54) is 0 Å². The maximum atomic E-state index is 9.04. The Kier molecular flexibility index (Phi) is 2.37. The van der Waals surface area contributed by atoms with Crippen LogP contribution in [-0.2, 0) is 7.05 Å². The Bertz CT molecular complexity index is 575. The second-order valence-electron chi connectivity index (χ2n) is 3.63. The van der Waals surface area contributed by atoms with E-state index in [2.05, 4.69) is 11.2 Å². The molecule has 16 heavy (non-hydrogen) atoms. The minimum atomic E-state index is 0.415. The van der Waals surface area contributed by atoms with Crippen molar-refractivity contribution in [1.82, 2.24) is 9.78 Å². The van der Waals surface area contributed by atoms with Crippen molar-refractivity contribution in [2.75, 3.05) is 5.73 Å². The summed E-state index contributed by atoms with van der Waals surface area (Å²) in [5.74, 6) is 0. The Morgan fingerprint density at radius 2 is 2.06 bits per heavy atom. The summed E-state index contributed by atoms with van der Waals surface area (Å²) in [6, 6.07) is 9.59. The molecule has 0 saturated carbocycles. The van der Waals surface area contributed by atoms with Gasteiger partial charge in [0, 0.05) is 29.6 Å². The van der Waals surface area contributed by atoms with Crippen LogP contribution < -0.4 is 5.73 Å². The third-order valence-electron chi connectivity index (χ3n) is 2.67. The van der Waals surface area contributed by atoms with Gasteiger partial charge in [-0.3, -0.25) is 4.68 Å². The monoisotopic (exact) mass is 212 g/mol. The maximum absolute atomic E-state index is 9.04. The lowest BCUT2D eigenvalue weighted by Gasteiger charge is -2.04. The van der Waals surface area contributed by atoms with Crippen LogP contribution in [0.15, 0.2) is 24.3 Å². The Morgan fingerprint density at radius 3 is 2.69 bits per heavy atom. The maximum Gasteiger partial charge on any atom is 0.170 e. The zero-order valence-corrected chi connectivity index (χ0v) is 9.23. The van der Waals surface area contributed by atoms with Crippen LogP contribution >= 0.6 is 0 Å². The first-order valence-electron chi connectivity index (χ1n) is 4.93. The number of anilines is 1. The summed E-state index contributed by atoms with van der Waals surface area (Å²) in [5, 5.41) is 13.2. The number of rotatable bonds is 1. The Hall–Kier alpha value is -2.28. The SMILES string of the molecule is Cc1c(-c2ccccc2N)c(C#N)nn1C. The predicted octanol–water partition coefficient (Wildman–Crippen LogP) is 1.85. The Labute approximate surface area is 93.9 Å². The molecule has 0 aliphatic heterocycles. The molecule has 0 aliphatic carbocycles. The number of benzene rings is 1. The molecule has 0 unspecified atom stereocenters. The van der Waals surface area contributed by atoms with Gasteiger partial charge >= 0.3 is 0 Å². The number of hydrogen-bond donors (Lipinski definition) is 1. The third kappa shape index (κ3) is 1.43. The molecular weight excluding hydrogens is 200 g/mol. The molecule has 2 aromatic rings. The Morgan fingerprint density at radius 1 is 1.38 bits per heavy atom. The van der Waals surface area contributed by atoms with Crippen molar-refractivity contribution in [3.63, 3.8) is 0 Å². The van der Waals surface area contributed by atoms with E-state index in [0.29, 0.717) is 11.4 Å². The number of para-hydroxylation sites is 1. The minimum absolute atomic E-state index is 0.415. The summed E-state index contributed by atoms with van der Waals surface area (Å²) in [5.41, 5.74) is 9.61. The van der Waals surface area contributed by atoms with Crippen LogP contribution in [0.5, 0.6) is 0 Å². The molecule has 0 bridgehead atoms. The molecular formula is C12H12N4. The van der Waals surface area contributed by atoms with Crippen molar-refractivity contribution in [2.45, 2.75) is 6.92 Å². The summed E-state index contributed by atoms with van der Waals surface area (Å²) >= 11 is 0. The first-order valence-corrected chi connectivity index (χ1v) is 4.93. The highest BCUT2D eigenvalue weighted by Gasteiger charge is 2.15. The van der Waals surface area contributed by atoms with E-state index in [1.54, 1.807) is 4.68 Å². The summed E-state index contributed by atoms with van der Waals surface area (Å²) in [6.07, 6.45) is 0. The number of nitriles is 1. The number of nitrogens with zero attached hydrogens (tertiary/aromatic N) is 3. The molecule has 1 aromatic heterocycles. The van der Waals surface area contributed by atoms with Crippen LogP contribution in [0.4, 0.5) is 5.69 Å². The minimum Gasteiger partial charge on any atom is -0.398 e. The van der Waals surface area contributed by atoms with Gasteiger partial charge in [-0.15, -0.1) is 0 Å². The summed E-state index contributed by atoms with van der Waals surface area (Å²) < 4.78 is 1.69. The van der Waals surface area contributed by atoms with E-state index >= 15 is 0 Å². The fraction of sp³-hybridized carbons (Fsp3) is 0.167. The number of nitrogens with two attached hydrogens (primary N) is 1. The highest BCUT2D eigenvalue weighted by Crippen LogP contribution is 2.30. The van der Waals surface area contributed by atoms with E-state index in [9.17, 15) is 0 Å². The quantitative estimate of drug-likeness (QED) is 0.733. The normalized spacial score (nSPS) is 10.1. The average molecular weight is 212 g/mol. The van der Waals surface area contributed by atoms with Crippen LogP contribution in [0.25, 0.3) is 11.1 Å². The number of aryl methyl sites for hydroxylation is 1. The van der Waals surface area contributed by atoms with Gasteiger partial charge in [0.1, 0.15) is 6.07 Å². The van der Waals surface area contributed by atoms with Gasteiger partial charge in [0.05, 0.1) is 0 Å². The molecule has 0 spiro atoms. The second kappa shape index (κ2) is 3.70. The number of nitrogen functional groups attached to an aromatic ring is 1. The lowest BCUT2D eigenvalue weighted by Crippen LogP contribution is -1.94. The molecule has 0 aliphatic rings. The topological polar surface area (TPSA) is 67.6 Å². The molecule has 0 amide bonds. The van der Waals surface area contributed by atoms with E-state index in [4.69, 9.17) is 11.0 Å². The van der Waals surface area contributed by atoms with Gasteiger partial charge in [-0.25, -0.2) is 0 Å². The molecule has 0 saturated heterocycles. The molecule has 0 atom stereocenters. The van der Waals surface area contributed by atoms with E-state index < -0.39 is 0 Å². The number of hydrogen-bond acceptors (Lipinski definition) is 3. The van der Waals surface area contributed by atoms with Crippen molar-refractivity contribution in [3.8, 4) is 17.2 Å². The van der Waals surface area contributed by atoms with Gasteiger partial charge < -0.3 is 5.73 Å². The first-order chi connectivity index (χ1) is 7.65. The molecule has 1 aromatic carbocycles. The average Bonchev–Trinajstić information content (AvgIpc) is 2.56.